The highest BCUT2D eigenvalue weighted by Crippen LogP contribution is 2.40. The Labute approximate surface area is 236 Å². The van der Waals surface area contributed by atoms with Gasteiger partial charge in [-0.1, -0.05) is 25.0 Å². The normalized spacial score (nSPS) is 22.3. The average molecular weight is 549 g/mol. The zero-order chi connectivity index (χ0) is 28.2. The Morgan fingerprint density at radius 1 is 0.925 bits per heavy atom. The molecule has 1 aliphatic carbocycles. The summed E-state index contributed by atoms with van der Waals surface area (Å²) in [6, 6.07) is 12.8. The van der Waals surface area contributed by atoms with E-state index in [9.17, 15) is 9.59 Å². The summed E-state index contributed by atoms with van der Waals surface area (Å²) in [5.74, 6) is 2.19. The third kappa shape index (κ3) is 5.66. The molecule has 5 rings (SSSR count). The van der Waals surface area contributed by atoms with Crippen LogP contribution in [0, 0.1) is 11.8 Å². The van der Waals surface area contributed by atoms with Crippen LogP contribution in [0.15, 0.2) is 47.6 Å². The minimum absolute atomic E-state index is 0.0487. The molecular formula is C31H40N4O5. The number of benzene rings is 2. The Kier molecular flexibility index (Phi) is 8.59. The second-order valence-corrected chi connectivity index (χ2v) is 11.0. The lowest BCUT2D eigenvalue weighted by Gasteiger charge is -2.43. The number of likely N-dealkylation sites (tertiary alicyclic amines) is 1. The molecule has 2 fully saturated rings. The molecule has 214 valence electrons. The molecular weight excluding hydrogens is 508 g/mol. The number of hydrogen-bond acceptors (Lipinski definition) is 7. The smallest absolute Gasteiger partial charge is 0.246 e. The van der Waals surface area contributed by atoms with Crippen molar-refractivity contribution in [2.24, 2.45) is 22.7 Å². The quantitative estimate of drug-likeness (QED) is 0.540. The fourth-order valence-corrected chi connectivity index (χ4v) is 6.36. The molecule has 0 unspecified atom stereocenters. The zero-order valence-electron chi connectivity index (χ0n) is 23.7. The van der Waals surface area contributed by atoms with Gasteiger partial charge >= 0.3 is 0 Å². The third-order valence-corrected chi connectivity index (χ3v) is 8.61. The summed E-state index contributed by atoms with van der Waals surface area (Å²) in [5, 5.41) is 6.75. The SMILES string of the molecule is COc1ccc(C[C@@H](N)C(=O)N2CCC(N3N=C(c4ccc(OC)c(OC)c4)[C@H]4CCCC[C@H]4C3=O)CC2)cc1. The summed E-state index contributed by atoms with van der Waals surface area (Å²) >= 11 is 0. The van der Waals surface area contributed by atoms with Gasteiger partial charge in [0.15, 0.2) is 11.5 Å². The molecule has 0 radical (unpaired) electrons. The molecule has 40 heavy (non-hydrogen) atoms. The number of carbonyl (C=O) groups is 2. The van der Waals surface area contributed by atoms with Crippen molar-refractivity contribution >= 4 is 17.5 Å². The summed E-state index contributed by atoms with van der Waals surface area (Å²) in [5.41, 5.74) is 9.23. The summed E-state index contributed by atoms with van der Waals surface area (Å²) in [4.78, 5) is 28.7. The highest BCUT2D eigenvalue weighted by Gasteiger charge is 2.44. The van der Waals surface area contributed by atoms with Gasteiger partial charge in [-0.15, -0.1) is 0 Å². The Morgan fingerprint density at radius 3 is 2.25 bits per heavy atom. The molecule has 1 saturated carbocycles. The molecule has 1 saturated heterocycles. The van der Waals surface area contributed by atoms with Crippen molar-refractivity contribution in [3.8, 4) is 17.2 Å². The van der Waals surface area contributed by atoms with E-state index < -0.39 is 6.04 Å². The topological polar surface area (TPSA) is 107 Å². The number of fused-ring (bicyclic) bond motifs is 1. The lowest BCUT2D eigenvalue weighted by atomic mass is 9.73. The van der Waals surface area contributed by atoms with E-state index in [1.165, 1.54) is 0 Å². The van der Waals surface area contributed by atoms with Crippen LogP contribution >= 0.6 is 0 Å². The van der Waals surface area contributed by atoms with Gasteiger partial charge in [0, 0.05) is 30.5 Å². The van der Waals surface area contributed by atoms with Crippen LogP contribution in [0.5, 0.6) is 17.2 Å². The van der Waals surface area contributed by atoms with E-state index in [0.717, 1.165) is 48.3 Å². The Morgan fingerprint density at radius 2 is 1.60 bits per heavy atom. The van der Waals surface area contributed by atoms with Gasteiger partial charge in [-0.25, -0.2) is 5.01 Å². The Balaban J connectivity index is 1.29. The van der Waals surface area contributed by atoms with Crippen LogP contribution in [-0.2, 0) is 16.0 Å². The molecule has 9 heteroatoms. The average Bonchev–Trinajstić information content (AvgIpc) is 3.01. The van der Waals surface area contributed by atoms with Gasteiger partial charge in [0.25, 0.3) is 0 Å². The largest absolute Gasteiger partial charge is 0.497 e. The molecule has 2 aromatic carbocycles. The van der Waals surface area contributed by atoms with Gasteiger partial charge in [0.05, 0.1) is 39.1 Å². The van der Waals surface area contributed by atoms with Crippen molar-refractivity contribution in [3.63, 3.8) is 0 Å². The molecule has 3 atom stereocenters. The fourth-order valence-electron chi connectivity index (χ4n) is 6.36. The van der Waals surface area contributed by atoms with Crippen molar-refractivity contribution in [1.29, 1.82) is 0 Å². The second-order valence-electron chi connectivity index (χ2n) is 11.0. The molecule has 2 N–H and O–H groups in total. The molecule has 2 amide bonds. The number of amides is 2. The number of nitrogens with two attached hydrogens (primary N) is 1. The van der Waals surface area contributed by atoms with E-state index in [2.05, 4.69) is 0 Å². The maximum absolute atomic E-state index is 13.7. The number of rotatable bonds is 8. The number of nitrogens with zero attached hydrogens (tertiary/aromatic N) is 3. The van der Waals surface area contributed by atoms with Gasteiger partial charge in [0.1, 0.15) is 5.75 Å². The van der Waals surface area contributed by atoms with E-state index in [-0.39, 0.29) is 29.7 Å². The monoisotopic (exact) mass is 548 g/mol. The van der Waals surface area contributed by atoms with Crippen molar-refractivity contribution in [1.82, 2.24) is 9.91 Å². The number of ether oxygens (including phenoxy) is 3. The first-order valence-electron chi connectivity index (χ1n) is 14.2. The van der Waals surface area contributed by atoms with Gasteiger partial charge in [-0.3, -0.25) is 9.59 Å². The van der Waals surface area contributed by atoms with Gasteiger partial charge < -0.3 is 24.8 Å². The molecule has 0 spiro atoms. The lowest BCUT2D eigenvalue weighted by molar-refractivity contribution is -0.143. The minimum Gasteiger partial charge on any atom is -0.497 e. The van der Waals surface area contributed by atoms with Crippen molar-refractivity contribution in [2.75, 3.05) is 34.4 Å². The first-order valence-corrected chi connectivity index (χ1v) is 14.2. The molecule has 2 heterocycles. The van der Waals surface area contributed by atoms with Crippen molar-refractivity contribution in [3.05, 3.63) is 53.6 Å². The molecule has 2 aromatic rings. The van der Waals surface area contributed by atoms with Crippen LogP contribution in [0.1, 0.15) is 49.7 Å². The van der Waals surface area contributed by atoms with Crippen LogP contribution in [0.4, 0.5) is 0 Å². The lowest BCUT2D eigenvalue weighted by Crippen LogP contribution is -2.54. The van der Waals surface area contributed by atoms with Crippen LogP contribution in [0.3, 0.4) is 0 Å². The van der Waals surface area contributed by atoms with Crippen molar-refractivity contribution in [2.45, 2.75) is 57.0 Å². The fraction of sp³-hybridized carbons (Fsp3) is 0.516. The maximum atomic E-state index is 13.7. The molecule has 2 aliphatic heterocycles. The summed E-state index contributed by atoms with van der Waals surface area (Å²) in [6.07, 6.45) is 5.80. The van der Waals surface area contributed by atoms with Crippen LogP contribution < -0.4 is 19.9 Å². The van der Waals surface area contributed by atoms with Crippen molar-refractivity contribution < 1.29 is 23.8 Å². The Hall–Kier alpha value is -3.59. The molecule has 0 aromatic heterocycles. The van der Waals surface area contributed by atoms with Gasteiger partial charge in [-0.2, -0.15) is 5.10 Å². The van der Waals surface area contributed by atoms with Crippen LogP contribution in [0.2, 0.25) is 0 Å². The minimum atomic E-state index is -0.612. The zero-order valence-corrected chi connectivity index (χ0v) is 23.7. The first-order chi connectivity index (χ1) is 19.4. The number of hydrogen-bond donors (Lipinski definition) is 1. The number of methoxy groups -OCH3 is 3. The predicted octanol–water partition coefficient (Wildman–Crippen LogP) is 3.63. The van der Waals surface area contributed by atoms with Gasteiger partial charge in [-0.05, 0) is 68.0 Å². The number of carbonyl (C=O) groups excluding carboxylic acids is 2. The number of piperidine rings is 1. The highest BCUT2D eigenvalue weighted by atomic mass is 16.5. The van der Waals surface area contributed by atoms with E-state index in [4.69, 9.17) is 25.0 Å². The van der Waals surface area contributed by atoms with E-state index in [1.54, 1.807) is 26.3 Å². The van der Waals surface area contributed by atoms with Gasteiger partial charge in [0.2, 0.25) is 11.8 Å². The predicted molar refractivity (Wildman–Crippen MR) is 153 cm³/mol. The Bertz CT molecular complexity index is 1240. The molecule has 9 nitrogen and oxygen atoms in total. The highest BCUT2D eigenvalue weighted by molar-refractivity contribution is 6.07. The standard InChI is InChI=1S/C31H40N4O5/c1-38-23-11-8-20(9-12-23)18-26(32)31(37)34-16-14-22(15-17-34)35-30(36)25-7-5-4-6-24(25)29(33-35)21-10-13-27(39-2)28(19-21)40-3/h8-13,19,22,24-26H,4-7,14-18,32H2,1-3H3/t24-,25+,26+/m0/s1. The second kappa shape index (κ2) is 12.3. The first kappa shape index (κ1) is 28.0. The third-order valence-electron chi connectivity index (χ3n) is 8.61. The van der Waals surface area contributed by atoms with E-state index in [0.29, 0.717) is 43.9 Å². The maximum Gasteiger partial charge on any atom is 0.246 e. The molecule has 0 bridgehead atoms. The summed E-state index contributed by atoms with van der Waals surface area (Å²) in [7, 11) is 4.87. The summed E-state index contributed by atoms with van der Waals surface area (Å²) in [6.45, 7) is 1.11. The van der Waals surface area contributed by atoms with Crippen LogP contribution in [0.25, 0.3) is 0 Å². The summed E-state index contributed by atoms with van der Waals surface area (Å²) < 4.78 is 16.2. The van der Waals surface area contributed by atoms with E-state index >= 15 is 0 Å². The van der Waals surface area contributed by atoms with E-state index in [1.807, 2.05) is 47.4 Å². The number of hydrazone groups is 1. The van der Waals surface area contributed by atoms with Crippen LogP contribution in [-0.4, -0.2) is 73.9 Å². The molecule has 3 aliphatic rings.